The minimum absolute atomic E-state index is 0.183. The molecule has 1 atom stereocenters. The van der Waals surface area contributed by atoms with Crippen LogP contribution in [0, 0.1) is 0 Å². The zero-order chi connectivity index (χ0) is 10.0. The summed E-state index contributed by atoms with van der Waals surface area (Å²) in [6.07, 6.45) is 0. The van der Waals surface area contributed by atoms with Crippen LogP contribution in [0.4, 0.5) is 0 Å². The first kappa shape index (κ1) is 9.66. The maximum absolute atomic E-state index is 11.1. The SMILES string of the molecule is CCOC(=O)C1NN(C)C(=O)C1=O. The van der Waals surface area contributed by atoms with Gasteiger partial charge in [-0.15, -0.1) is 0 Å². The Balaban J connectivity index is 2.68. The molecule has 0 saturated carbocycles. The van der Waals surface area contributed by atoms with Crippen LogP contribution in [-0.4, -0.2) is 42.4 Å². The number of carbonyl (C=O) groups is 3. The highest BCUT2D eigenvalue weighted by atomic mass is 16.5. The maximum atomic E-state index is 11.1. The number of hydrogen-bond donors (Lipinski definition) is 1. The zero-order valence-electron chi connectivity index (χ0n) is 7.36. The Morgan fingerprint density at radius 2 is 2.23 bits per heavy atom. The monoisotopic (exact) mass is 186 g/mol. The number of likely N-dealkylation sites (N-methyl/N-ethyl adjacent to an activating group) is 1. The standard InChI is InChI=1S/C7H10N2O4/c1-3-13-7(12)4-5(10)6(11)9(2)8-4/h4,8H,3H2,1-2H3. The van der Waals surface area contributed by atoms with Gasteiger partial charge in [-0.3, -0.25) is 14.6 Å². The minimum Gasteiger partial charge on any atom is -0.464 e. The number of Topliss-reactive ketones (excluding diaryl/α,β-unsaturated/α-hetero) is 1. The summed E-state index contributed by atoms with van der Waals surface area (Å²) in [7, 11) is 1.37. The number of rotatable bonds is 2. The van der Waals surface area contributed by atoms with Crippen molar-refractivity contribution in [3.05, 3.63) is 0 Å². The first-order chi connectivity index (χ1) is 6.07. The molecule has 1 aliphatic rings. The quantitative estimate of drug-likeness (QED) is 0.321. The van der Waals surface area contributed by atoms with Crippen LogP contribution >= 0.6 is 0 Å². The molecule has 0 aromatic heterocycles. The van der Waals surface area contributed by atoms with Gasteiger partial charge in [-0.25, -0.2) is 10.2 Å². The lowest BCUT2D eigenvalue weighted by molar-refractivity contribution is -0.149. The second-order valence-corrected chi connectivity index (χ2v) is 2.54. The second-order valence-electron chi connectivity index (χ2n) is 2.54. The smallest absolute Gasteiger partial charge is 0.333 e. The molecule has 1 N–H and O–H groups in total. The van der Waals surface area contributed by atoms with E-state index >= 15 is 0 Å². The summed E-state index contributed by atoms with van der Waals surface area (Å²) < 4.78 is 4.59. The van der Waals surface area contributed by atoms with Crippen LogP contribution in [0.3, 0.4) is 0 Å². The van der Waals surface area contributed by atoms with Crippen molar-refractivity contribution in [3.8, 4) is 0 Å². The van der Waals surface area contributed by atoms with Crippen LogP contribution in [0.2, 0.25) is 0 Å². The van der Waals surface area contributed by atoms with Gasteiger partial charge in [0.15, 0.2) is 6.04 Å². The van der Waals surface area contributed by atoms with Crippen molar-refractivity contribution in [1.82, 2.24) is 10.4 Å². The van der Waals surface area contributed by atoms with Crippen LogP contribution in [0.25, 0.3) is 0 Å². The molecule has 0 spiro atoms. The number of ketones is 1. The number of amides is 1. The van der Waals surface area contributed by atoms with E-state index < -0.39 is 23.7 Å². The van der Waals surface area contributed by atoms with Gasteiger partial charge >= 0.3 is 11.9 Å². The van der Waals surface area contributed by atoms with Crippen LogP contribution in [0.15, 0.2) is 0 Å². The number of nitrogens with one attached hydrogen (secondary N) is 1. The van der Waals surface area contributed by atoms with Crippen molar-refractivity contribution in [2.75, 3.05) is 13.7 Å². The molecule has 1 amide bonds. The molecule has 6 nitrogen and oxygen atoms in total. The van der Waals surface area contributed by atoms with Crippen molar-refractivity contribution in [3.63, 3.8) is 0 Å². The van der Waals surface area contributed by atoms with E-state index in [-0.39, 0.29) is 6.61 Å². The molecule has 0 radical (unpaired) electrons. The van der Waals surface area contributed by atoms with E-state index in [0.717, 1.165) is 5.01 Å². The Labute approximate surface area is 74.8 Å². The highest BCUT2D eigenvalue weighted by molar-refractivity contribution is 6.43. The summed E-state index contributed by atoms with van der Waals surface area (Å²) in [6, 6.07) is -1.17. The summed E-state index contributed by atoms with van der Waals surface area (Å²) in [5.74, 6) is -2.22. The van der Waals surface area contributed by atoms with E-state index in [2.05, 4.69) is 10.2 Å². The Bertz CT molecular complexity index is 263. The Morgan fingerprint density at radius 3 is 2.62 bits per heavy atom. The predicted octanol–water partition coefficient (Wildman–Crippen LogP) is -1.54. The van der Waals surface area contributed by atoms with Gasteiger partial charge < -0.3 is 4.74 Å². The fourth-order valence-electron chi connectivity index (χ4n) is 0.985. The zero-order valence-corrected chi connectivity index (χ0v) is 7.36. The first-order valence-electron chi connectivity index (χ1n) is 3.82. The molecule has 1 unspecified atom stereocenters. The third-order valence-corrected chi connectivity index (χ3v) is 1.62. The van der Waals surface area contributed by atoms with E-state index in [1.165, 1.54) is 7.05 Å². The predicted molar refractivity (Wildman–Crippen MR) is 41.3 cm³/mol. The molecule has 13 heavy (non-hydrogen) atoms. The van der Waals surface area contributed by atoms with E-state index in [0.29, 0.717) is 0 Å². The topological polar surface area (TPSA) is 75.7 Å². The normalized spacial score (nSPS) is 22.3. The molecule has 72 valence electrons. The Kier molecular flexibility index (Phi) is 2.62. The van der Waals surface area contributed by atoms with Gasteiger partial charge in [0.2, 0.25) is 0 Å². The van der Waals surface area contributed by atoms with Crippen molar-refractivity contribution in [2.24, 2.45) is 0 Å². The minimum atomic E-state index is -1.17. The number of hydrazine groups is 1. The van der Waals surface area contributed by atoms with Crippen LogP contribution in [-0.2, 0) is 19.1 Å². The number of nitrogens with zero attached hydrogens (tertiary/aromatic N) is 1. The third kappa shape index (κ3) is 1.67. The van der Waals surface area contributed by atoms with Gasteiger partial charge in [-0.05, 0) is 6.92 Å². The molecule has 1 saturated heterocycles. The van der Waals surface area contributed by atoms with Crippen molar-refractivity contribution in [1.29, 1.82) is 0 Å². The van der Waals surface area contributed by atoms with Crippen molar-refractivity contribution < 1.29 is 19.1 Å². The van der Waals surface area contributed by atoms with Crippen molar-refractivity contribution in [2.45, 2.75) is 13.0 Å². The molecular formula is C7H10N2O4. The van der Waals surface area contributed by atoms with Gasteiger partial charge in [0, 0.05) is 7.05 Å². The van der Waals surface area contributed by atoms with Crippen LogP contribution in [0.1, 0.15) is 6.92 Å². The van der Waals surface area contributed by atoms with Gasteiger partial charge in [0.05, 0.1) is 6.61 Å². The fourth-order valence-corrected chi connectivity index (χ4v) is 0.985. The molecule has 1 aliphatic heterocycles. The largest absolute Gasteiger partial charge is 0.464 e. The molecule has 0 aromatic rings. The van der Waals surface area contributed by atoms with E-state index in [1.807, 2.05) is 0 Å². The summed E-state index contributed by atoms with van der Waals surface area (Å²) >= 11 is 0. The molecule has 0 aromatic carbocycles. The summed E-state index contributed by atoms with van der Waals surface area (Å²) in [5.41, 5.74) is 2.40. The number of esters is 1. The molecule has 6 heteroatoms. The van der Waals surface area contributed by atoms with Crippen molar-refractivity contribution >= 4 is 17.7 Å². The average Bonchev–Trinajstić information content (AvgIpc) is 2.33. The summed E-state index contributed by atoms with van der Waals surface area (Å²) in [4.78, 5) is 33.1. The number of hydrogen-bond acceptors (Lipinski definition) is 5. The molecule has 0 bridgehead atoms. The van der Waals surface area contributed by atoms with Gasteiger partial charge in [0.1, 0.15) is 0 Å². The summed E-state index contributed by atoms with van der Waals surface area (Å²) in [5, 5.41) is 0.976. The Hall–Kier alpha value is -1.43. The Morgan fingerprint density at radius 1 is 1.62 bits per heavy atom. The lowest BCUT2D eigenvalue weighted by atomic mass is 10.2. The van der Waals surface area contributed by atoms with Gasteiger partial charge in [-0.2, -0.15) is 0 Å². The highest BCUT2D eigenvalue weighted by Crippen LogP contribution is 2.03. The number of ether oxygens (including phenoxy) is 1. The third-order valence-electron chi connectivity index (χ3n) is 1.62. The first-order valence-corrected chi connectivity index (χ1v) is 3.82. The van der Waals surface area contributed by atoms with E-state index in [9.17, 15) is 14.4 Å². The van der Waals surface area contributed by atoms with Crippen LogP contribution in [0.5, 0.6) is 0 Å². The fraction of sp³-hybridized carbons (Fsp3) is 0.571. The maximum Gasteiger partial charge on any atom is 0.333 e. The molecule has 1 rings (SSSR count). The lowest BCUT2D eigenvalue weighted by Crippen LogP contribution is -2.40. The van der Waals surface area contributed by atoms with Gasteiger partial charge in [-0.1, -0.05) is 0 Å². The molecule has 1 fully saturated rings. The van der Waals surface area contributed by atoms with Crippen LogP contribution < -0.4 is 5.43 Å². The summed E-state index contributed by atoms with van der Waals surface area (Å²) in [6.45, 7) is 1.81. The average molecular weight is 186 g/mol. The highest BCUT2D eigenvalue weighted by Gasteiger charge is 2.42. The molecule has 1 heterocycles. The number of carbonyl (C=O) groups excluding carboxylic acids is 3. The molecular weight excluding hydrogens is 176 g/mol. The van der Waals surface area contributed by atoms with E-state index in [4.69, 9.17) is 0 Å². The molecule has 0 aliphatic carbocycles. The lowest BCUT2D eigenvalue weighted by Gasteiger charge is -2.09. The van der Waals surface area contributed by atoms with E-state index in [1.54, 1.807) is 6.92 Å². The second kappa shape index (κ2) is 3.53. The van der Waals surface area contributed by atoms with Gasteiger partial charge in [0.25, 0.3) is 5.78 Å².